The minimum Gasteiger partial charge on any atom is -0.508 e. The van der Waals surface area contributed by atoms with Crippen LogP contribution < -0.4 is 10.6 Å². The van der Waals surface area contributed by atoms with E-state index in [4.69, 9.17) is 5.73 Å². The zero-order valence-corrected chi connectivity index (χ0v) is 20.0. The van der Waals surface area contributed by atoms with Crippen LogP contribution in [0, 0.1) is 11.8 Å². The number of anilines is 1. The molecule has 0 aliphatic heterocycles. The number of fused-ring (bicyclic) bond motifs is 3. The van der Waals surface area contributed by atoms with Gasteiger partial charge in [0, 0.05) is 31.3 Å². The molecule has 0 bridgehead atoms. The van der Waals surface area contributed by atoms with Crippen molar-refractivity contribution in [2.75, 3.05) is 33.1 Å². The number of amides is 1. The minimum atomic E-state index is -2.63. The Morgan fingerprint density at radius 3 is 2.26 bits per heavy atom. The molecule has 11 heteroatoms. The molecule has 0 saturated heterocycles. The third-order valence-corrected chi connectivity index (χ3v) is 7.06. The lowest BCUT2D eigenvalue weighted by Crippen LogP contribution is -2.65. The minimum absolute atomic E-state index is 0. The second-order valence-corrected chi connectivity index (χ2v) is 9.31. The normalized spacial score (nSPS) is 28.2. The second-order valence-electron chi connectivity index (χ2n) is 9.31. The van der Waals surface area contributed by atoms with E-state index in [1.807, 2.05) is 19.0 Å². The van der Waals surface area contributed by atoms with Crippen LogP contribution >= 0.6 is 12.4 Å². The number of hydrogen-bond acceptors (Lipinski definition) is 9. The molecule has 10 nitrogen and oxygen atoms in total. The zero-order valence-electron chi connectivity index (χ0n) is 19.2. The Kier molecular flexibility index (Phi) is 6.23. The number of Topliss-reactive ketones (excluding diaryl/α,β-unsaturated/α-hetero) is 2. The van der Waals surface area contributed by atoms with Gasteiger partial charge in [0.05, 0.1) is 11.6 Å². The van der Waals surface area contributed by atoms with Gasteiger partial charge in [0.15, 0.2) is 11.4 Å². The van der Waals surface area contributed by atoms with E-state index in [-0.39, 0.29) is 42.1 Å². The van der Waals surface area contributed by atoms with Gasteiger partial charge in [-0.1, -0.05) is 0 Å². The largest absolute Gasteiger partial charge is 0.508 e. The van der Waals surface area contributed by atoms with Crippen molar-refractivity contribution in [3.8, 4) is 5.75 Å². The highest BCUT2D eigenvalue weighted by molar-refractivity contribution is 6.24. The zero-order chi connectivity index (χ0) is 24.6. The molecule has 4 atom stereocenters. The Labute approximate surface area is 202 Å². The number of rotatable bonds is 3. The lowest BCUT2D eigenvalue weighted by molar-refractivity contribution is -0.153. The van der Waals surface area contributed by atoms with Crippen LogP contribution in [-0.4, -0.2) is 82.6 Å². The van der Waals surface area contributed by atoms with Gasteiger partial charge >= 0.3 is 0 Å². The van der Waals surface area contributed by atoms with Gasteiger partial charge in [-0.2, -0.15) is 0 Å². The first-order valence-electron chi connectivity index (χ1n) is 10.5. The van der Waals surface area contributed by atoms with Crippen molar-refractivity contribution < 1.29 is 34.8 Å². The molecular formula is C23H28ClN3O7. The molecule has 1 fully saturated rings. The predicted octanol–water partition coefficient (Wildman–Crippen LogP) is 0.452. The number of carbonyl (C=O) groups is 3. The number of nitrogens with two attached hydrogens (primary N) is 1. The number of nitrogens with zero attached hydrogens (tertiary/aromatic N) is 2. The summed E-state index contributed by atoms with van der Waals surface area (Å²) in [7, 11) is 6.75. The standard InChI is InChI=1S/C23H27N3O7.ClH/c1-25(2)12-5-6-13(27)15-10(12)7-9-8-11-17(26(3)4)19(29)16(22(24)32)21(31)23(11,33)20(30)14(9)18(15)28;/h5-6,9,11,17,27-28,31,33H,7-8H2,1-4H3,(H2,24,32);1H/t9?,11?,17-,23-;/m1./s1. The number of likely N-dealkylation sites (N-methyl/N-ethyl adjacent to an activating group) is 1. The Hall–Kier alpha value is -3.08. The molecule has 1 aromatic carbocycles. The Bertz CT molecular complexity index is 1170. The van der Waals surface area contributed by atoms with Crippen LogP contribution in [0.3, 0.4) is 0 Å². The highest BCUT2D eigenvalue weighted by atomic mass is 35.5. The van der Waals surface area contributed by atoms with Crippen molar-refractivity contribution in [1.29, 1.82) is 0 Å². The fraction of sp³-hybridized carbons (Fsp3) is 0.435. The molecule has 0 radical (unpaired) electrons. The number of aliphatic hydroxyl groups is 3. The van der Waals surface area contributed by atoms with Crippen LogP contribution in [-0.2, 0) is 20.8 Å². The summed E-state index contributed by atoms with van der Waals surface area (Å²) in [6.45, 7) is 0. The van der Waals surface area contributed by atoms with E-state index in [1.54, 1.807) is 20.2 Å². The smallest absolute Gasteiger partial charge is 0.255 e. The molecule has 1 amide bonds. The maximum absolute atomic E-state index is 13.7. The predicted molar refractivity (Wildman–Crippen MR) is 126 cm³/mol. The molecule has 4 rings (SSSR count). The Balaban J connectivity index is 0.00000324. The van der Waals surface area contributed by atoms with Crippen LogP contribution in [0.1, 0.15) is 17.5 Å². The van der Waals surface area contributed by atoms with Gasteiger partial charge in [0.1, 0.15) is 22.8 Å². The number of ketones is 2. The van der Waals surface area contributed by atoms with Gasteiger partial charge in [-0.15, -0.1) is 12.4 Å². The SMILES string of the molecule is CN(C)c1ccc(O)c2c1CC1CC3[C@@H](N(C)C)C(=O)C(C(N)=O)=C(O)[C@]3(O)C(=O)C1=C2O.Cl. The Morgan fingerprint density at radius 2 is 1.74 bits per heavy atom. The van der Waals surface area contributed by atoms with Crippen molar-refractivity contribution in [1.82, 2.24) is 4.90 Å². The summed E-state index contributed by atoms with van der Waals surface area (Å²) in [6, 6.07) is 2.01. The fourth-order valence-electron chi connectivity index (χ4n) is 5.65. The Morgan fingerprint density at radius 1 is 1.12 bits per heavy atom. The maximum atomic E-state index is 13.7. The molecule has 1 aromatic rings. The summed E-state index contributed by atoms with van der Waals surface area (Å²) in [6.07, 6.45) is 0.324. The number of phenolic OH excluding ortho intramolecular Hbond substituents is 1. The van der Waals surface area contributed by atoms with Crippen LogP contribution in [0.25, 0.3) is 5.76 Å². The molecule has 0 spiro atoms. The van der Waals surface area contributed by atoms with Gasteiger partial charge in [-0.25, -0.2) is 0 Å². The number of aliphatic hydroxyl groups excluding tert-OH is 2. The van der Waals surface area contributed by atoms with E-state index in [0.29, 0.717) is 5.56 Å². The molecule has 1 saturated carbocycles. The summed E-state index contributed by atoms with van der Waals surface area (Å²) in [4.78, 5) is 42.0. The van der Waals surface area contributed by atoms with E-state index >= 15 is 0 Å². The summed E-state index contributed by atoms with van der Waals surface area (Å²) >= 11 is 0. The van der Waals surface area contributed by atoms with Crippen LogP contribution in [0.2, 0.25) is 0 Å². The number of phenols is 1. The number of primary amides is 1. The topological polar surface area (TPSA) is 165 Å². The van der Waals surface area contributed by atoms with E-state index in [0.717, 1.165) is 5.69 Å². The number of halogens is 1. The highest BCUT2D eigenvalue weighted by Crippen LogP contribution is 2.53. The third kappa shape index (κ3) is 3.20. The molecule has 0 aromatic heterocycles. The quantitative estimate of drug-likeness (QED) is 0.376. The van der Waals surface area contributed by atoms with Crippen LogP contribution in [0.4, 0.5) is 5.69 Å². The van der Waals surface area contributed by atoms with Crippen LogP contribution in [0.5, 0.6) is 5.75 Å². The first-order chi connectivity index (χ1) is 15.3. The van der Waals surface area contributed by atoms with Crippen molar-refractivity contribution in [2.24, 2.45) is 17.6 Å². The van der Waals surface area contributed by atoms with E-state index in [9.17, 15) is 34.8 Å². The molecule has 0 heterocycles. The number of benzene rings is 1. The lowest BCUT2D eigenvalue weighted by atomic mass is 9.57. The summed E-state index contributed by atoms with van der Waals surface area (Å²) in [5, 5.41) is 43.9. The lowest BCUT2D eigenvalue weighted by Gasteiger charge is -2.50. The third-order valence-electron chi connectivity index (χ3n) is 7.06. The van der Waals surface area contributed by atoms with Crippen LogP contribution in [0.15, 0.2) is 29.0 Å². The monoisotopic (exact) mass is 493 g/mol. The van der Waals surface area contributed by atoms with Crippen molar-refractivity contribution in [3.05, 3.63) is 40.2 Å². The maximum Gasteiger partial charge on any atom is 0.255 e. The number of carbonyl (C=O) groups excluding carboxylic acids is 3. The summed E-state index contributed by atoms with van der Waals surface area (Å²) < 4.78 is 0. The molecule has 3 aliphatic rings. The van der Waals surface area contributed by atoms with E-state index < -0.39 is 58.0 Å². The van der Waals surface area contributed by atoms with Crippen molar-refractivity contribution in [3.63, 3.8) is 0 Å². The molecular weight excluding hydrogens is 466 g/mol. The van der Waals surface area contributed by atoms with Gasteiger partial charge in [-0.3, -0.25) is 19.3 Å². The molecule has 2 unspecified atom stereocenters. The molecule has 3 aliphatic carbocycles. The average Bonchev–Trinajstić information content (AvgIpc) is 2.70. The molecule has 34 heavy (non-hydrogen) atoms. The van der Waals surface area contributed by atoms with Gasteiger partial charge < -0.3 is 31.1 Å². The molecule has 6 N–H and O–H groups in total. The first-order valence-corrected chi connectivity index (χ1v) is 10.5. The van der Waals surface area contributed by atoms with E-state index in [1.165, 1.54) is 11.0 Å². The van der Waals surface area contributed by atoms with E-state index in [2.05, 4.69) is 0 Å². The molecule has 184 valence electrons. The second kappa shape index (κ2) is 8.30. The first kappa shape index (κ1) is 25.5. The highest BCUT2D eigenvalue weighted by Gasteiger charge is 2.64. The summed E-state index contributed by atoms with van der Waals surface area (Å²) in [5.41, 5.74) is 3.15. The van der Waals surface area contributed by atoms with Gasteiger partial charge in [0.25, 0.3) is 5.91 Å². The van der Waals surface area contributed by atoms with Gasteiger partial charge in [-0.05, 0) is 50.6 Å². The fourth-order valence-corrected chi connectivity index (χ4v) is 5.65. The van der Waals surface area contributed by atoms with Crippen molar-refractivity contribution >= 4 is 41.3 Å². The summed E-state index contributed by atoms with van der Waals surface area (Å²) in [5.74, 6) is -6.54. The number of hydrogen-bond donors (Lipinski definition) is 5. The van der Waals surface area contributed by atoms with Gasteiger partial charge in [0.2, 0.25) is 5.78 Å². The number of aromatic hydroxyl groups is 1. The van der Waals surface area contributed by atoms with Crippen molar-refractivity contribution in [2.45, 2.75) is 24.5 Å². The average molecular weight is 494 g/mol.